The van der Waals surface area contributed by atoms with Crippen LogP contribution in [0, 0.1) is 11.3 Å². The number of nitrogens with zero attached hydrogens (tertiary/aromatic N) is 1. The van der Waals surface area contributed by atoms with Crippen LogP contribution >= 0.6 is 0 Å². The van der Waals surface area contributed by atoms with Gasteiger partial charge in [-0.25, -0.2) is 0 Å². The zero-order chi connectivity index (χ0) is 17.6. The van der Waals surface area contributed by atoms with E-state index in [1.54, 1.807) is 24.3 Å². The molecule has 0 unspecified atom stereocenters. The Labute approximate surface area is 145 Å². The number of hydrogen-bond donors (Lipinski definition) is 1. The Kier molecular flexibility index (Phi) is 5.05. The zero-order valence-corrected chi connectivity index (χ0v) is 13.8. The van der Waals surface area contributed by atoms with Gasteiger partial charge in [-0.05, 0) is 42.8 Å². The lowest BCUT2D eigenvalue weighted by molar-refractivity contribution is -0.123. The van der Waals surface area contributed by atoms with Crippen LogP contribution in [-0.4, -0.2) is 25.7 Å². The standard InChI is InChI=1S/C19H18N2O4/c1-13(15-5-6-17-18(10-15)24-8-7-23-17)21-19(22)12-25-16-4-2-3-14(9-16)11-20/h2-6,9-10,13H,7-8,12H2,1H3,(H,21,22)/t13-/m0/s1. The van der Waals surface area contributed by atoms with Crippen LogP contribution in [0.1, 0.15) is 24.1 Å². The fourth-order valence-electron chi connectivity index (χ4n) is 2.50. The summed E-state index contributed by atoms with van der Waals surface area (Å²) in [4.78, 5) is 12.1. The quantitative estimate of drug-likeness (QED) is 0.906. The van der Waals surface area contributed by atoms with Crippen molar-refractivity contribution >= 4 is 5.91 Å². The Bertz CT molecular complexity index is 813. The van der Waals surface area contributed by atoms with Crippen molar-refractivity contribution in [3.63, 3.8) is 0 Å². The van der Waals surface area contributed by atoms with Gasteiger partial charge in [0.2, 0.25) is 0 Å². The molecule has 6 heteroatoms. The fraction of sp³-hybridized carbons (Fsp3) is 0.263. The monoisotopic (exact) mass is 338 g/mol. The molecule has 25 heavy (non-hydrogen) atoms. The topological polar surface area (TPSA) is 80.6 Å². The molecule has 2 aromatic carbocycles. The number of hydrogen-bond acceptors (Lipinski definition) is 5. The molecule has 0 radical (unpaired) electrons. The smallest absolute Gasteiger partial charge is 0.258 e. The first kappa shape index (κ1) is 16.7. The number of carbonyl (C=O) groups is 1. The fourth-order valence-corrected chi connectivity index (χ4v) is 2.50. The van der Waals surface area contributed by atoms with Gasteiger partial charge in [0.25, 0.3) is 5.91 Å². The van der Waals surface area contributed by atoms with Crippen molar-refractivity contribution in [2.24, 2.45) is 0 Å². The average Bonchev–Trinajstić information content (AvgIpc) is 2.66. The first-order chi connectivity index (χ1) is 12.2. The van der Waals surface area contributed by atoms with E-state index in [1.807, 2.05) is 31.2 Å². The number of ether oxygens (including phenoxy) is 3. The summed E-state index contributed by atoms with van der Waals surface area (Å²) >= 11 is 0. The van der Waals surface area contributed by atoms with Crippen LogP contribution in [-0.2, 0) is 4.79 Å². The Morgan fingerprint density at radius 3 is 2.84 bits per heavy atom. The van der Waals surface area contributed by atoms with Crippen LogP contribution in [0.2, 0.25) is 0 Å². The minimum Gasteiger partial charge on any atom is -0.486 e. The van der Waals surface area contributed by atoms with Gasteiger partial charge < -0.3 is 19.5 Å². The summed E-state index contributed by atoms with van der Waals surface area (Å²) in [5.41, 5.74) is 1.41. The highest BCUT2D eigenvalue weighted by Gasteiger charge is 2.16. The van der Waals surface area contributed by atoms with E-state index in [4.69, 9.17) is 19.5 Å². The van der Waals surface area contributed by atoms with E-state index < -0.39 is 0 Å². The molecule has 1 aliphatic rings. The molecule has 1 amide bonds. The summed E-state index contributed by atoms with van der Waals surface area (Å²) in [6, 6.07) is 14.1. The molecular weight excluding hydrogens is 320 g/mol. The predicted molar refractivity (Wildman–Crippen MR) is 90.6 cm³/mol. The van der Waals surface area contributed by atoms with Crippen molar-refractivity contribution in [1.82, 2.24) is 5.32 Å². The number of fused-ring (bicyclic) bond motifs is 1. The van der Waals surface area contributed by atoms with Crippen molar-refractivity contribution in [1.29, 1.82) is 5.26 Å². The molecule has 6 nitrogen and oxygen atoms in total. The van der Waals surface area contributed by atoms with E-state index in [0.717, 1.165) is 5.56 Å². The third-order valence-corrected chi connectivity index (χ3v) is 3.78. The number of carbonyl (C=O) groups excluding carboxylic acids is 1. The summed E-state index contributed by atoms with van der Waals surface area (Å²) in [5, 5.41) is 11.7. The van der Waals surface area contributed by atoms with Gasteiger partial charge in [0, 0.05) is 0 Å². The molecule has 0 spiro atoms. The van der Waals surface area contributed by atoms with Crippen LogP contribution in [0.25, 0.3) is 0 Å². The molecule has 1 N–H and O–H groups in total. The van der Waals surface area contributed by atoms with Crippen molar-refractivity contribution < 1.29 is 19.0 Å². The minimum absolute atomic E-state index is 0.121. The lowest BCUT2D eigenvalue weighted by Crippen LogP contribution is -2.31. The van der Waals surface area contributed by atoms with E-state index in [2.05, 4.69) is 5.32 Å². The SMILES string of the molecule is C[C@H](NC(=O)COc1cccc(C#N)c1)c1ccc2c(c1)OCCO2. The second-order valence-electron chi connectivity index (χ2n) is 5.62. The van der Waals surface area contributed by atoms with Crippen LogP contribution in [0.4, 0.5) is 0 Å². The van der Waals surface area contributed by atoms with Gasteiger partial charge >= 0.3 is 0 Å². The first-order valence-corrected chi connectivity index (χ1v) is 7.97. The van der Waals surface area contributed by atoms with Gasteiger partial charge in [-0.2, -0.15) is 5.26 Å². The number of amides is 1. The van der Waals surface area contributed by atoms with Crippen molar-refractivity contribution in [3.05, 3.63) is 53.6 Å². The largest absolute Gasteiger partial charge is 0.486 e. The van der Waals surface area contributed by atoms with E-state index in [0.29, 0.717) is 36.0 Å². The summed E-state index contributed by atoms with van der Waals surface area (Å²) in [6.07, 6.45) is 0. The van der Waals surface area contributed by atoms with E-state index in [-0.39, 0.29) is 18.6 Å². The molecule has 128 valence electrons. The Balaban J connectivity index is 1.56. The molecular formula is C19H18N2O4. The van der Waals surface area contributed by atoms with E-state index >= 15 is 0 Å². The van der Waals surface area contributed by atoms with Gasteiger partial charge in [0.15, 0.2) is 18.1 Å². The summed E-state index contributed by atoms with van der Waals surface area (Å²) in [5.74, 6) is 1.65. The Hall–Kier alpha value is -3.20. The molecule has 1 atom stereocenters. The Morgan fingerprint density at radius 1 is 1.24 bits per heavy atom. The minimum atomic E-state index is -0.246. The molecule has 1 aliphatic heterocycles. The summed E-state index contributed by atoms with van der Waals surface area (Å²) in [6.45, 7) is 2.83. The molecule has 0 fully saturated rings. The third-order valence-electron chi connectivity index (χ3n) is 3.78. The molecule has 0 aromatic heterocycles. The lowest BCUT2D eigenvalue weighted by atomic mass is 10.1. The molecule has 2 aromatic rings. The second kappa shape index (κ2) is 7.58. The molecule has 0 aliphatic carbocycles. The van der Waals surface area contributed by atoms with Crippen LogP contribution in [0.15, 0.2) is 42.5 Å². The molecule has 0 saturated carbocycles. The van der Waals surface area contributed by atoms with Gasteiger partial charge in [-0.15, -0.1) is 0 Å². The van der Waals surface area contributed by atoms with Crippen LogP contribution < -0.4 is 19.5 Å². The second-order valence-corrected chi connectivity index (χ2v) is 5.62. The van der Waals surface area contributed by atoms with Gasteiger partial charge in [0.05, 0.1) is 17.7 Å². The number of nitrogens with one attached hydrogen (secondary N) is 1. The first-order valence-electron chi connectivity index (χ1n) is 7.97. The normalized spacial score (nSPS) is 13.4. The van der Waals surface area contributed by atoms with Crippen LogP contribution in [0.3, 0.4) is 0 Å². The summed E-state index contributed by atoms with van der Waals surface area (Å²) in [7, 11) is 0. The molecule has 0 bridgehead atoms. The van der Waals surface area contributed by atoms with Gasteiger partial charge in [0.1, 0.15) is 19.0 Å². The number of nitriles is 1. The number of rotatable bonds is 5. The predicted octanol–water partition coefficient (Wildman–Crippen LogP) is 2.59. The zero-order valence-electron chi connectivity index (χ0n) is 13.8. The average molecular weight is 338 g/mol. The van der Waals surface area contributed by atoms with Gasteiger partial charge in [-0.3, -0.25) is 4.79 Å². The van der Waals surface area contributed by atoms with Crippen molar-refractivity contribution in [2.45, 2.75) is 13.0 Å². The molecule has 0 saturated heterocycles. The van der Waals surface area contributed by atoms with E-state index in [9.17, 15) is 4.79 Å². The Morgan fingerprint density at radius 2 is 2.04 bits per heavy atom. The summed E-state index contributed by atoms with van der Waals surface area (Å²) < 4.78 is 16.5. The highest BCUT2D eigenvalue weighted by molar-refractivity contribution is 5.78. The van der Waals surface area contributed by atoms with E-state index in [1.165, 1.54) is 0 Å². The van der Waals surface area contributed by atoms with Crippen molar-refractivity contribution in [2.75, 3.05) is 19.8 Å². The lowest BCUT2D eigenvalue weighted by Gasteiger charge is -2.21. The maximum atomic E-state index is 12.1. The van der Waals surface area contributed by atoms with Crippen molar-refractivity contribution in [3.8, 4) is 23.3 Å². The third kappa shape index (κ3) is 4.21. The van der Waals surface area contributed by atoms with Gasteiger partial charge in [-0.1, -0.05) is 12.1 Å². The highest BCUT2D eigenvalue weighted by Crippen LogP contribution is 2.32. The maximum absolute atomic E-state index is 12.1. The van der Waals surface area contributed by atoms with Crippen LogP contribution in [0.5, 0.6) is 17.2 Å². The number of benzene rings is 2. The highest BCUT2D eigenvalue weighted by atomic mass is 16.6. The maximum Gasteiger partial charge on any atom is 0.258 e. The molecule has 3 rings (SSSR count). The molecule has 1 heterocycles.